The van der Waals surface area contributed by atoms with Crippen LogP contribution in [0.4, 0.5) is 5.69 Å². The minimum absolute atomic E-state index is 0.139. The van der Waals surface area contributed by atoms with Gasteiger partial charge in [-0.25, -0.2) is 9.48 Å². The average molecular weight is 637 g/mol. The number of benzene rings is 2. The van der Waals surface area contributed by atoms with Crippen LogP contribution in [-0.4, -0.2) is 81.7 Å². The first kappa shape index (κ1) is 30.4. The maximum atomic E-state index is 13.5. The lowest BCUT2D eigenvalue weighted by atomic mass is 10.0. The number of hydrogen-bond acceptors (Lipinski definition) is 11. The zero-order chi connectivity index (χ0) is 31.4. The molecule has 0 bridgehead atoms. The van der Waals surface area contributed by atoms with Gasteiger partial charge >= 0.3 is 5.97 Å². The molecule has 3 amide bonds. The van der Waals surface area contributed by atoms with Crippen molar-refractivity contribution in [1.82, 2.24) is 35.7 Å². The van der Waals surface area contributed by atoms with Crippen LogP contribution in [0, 0.1) is 10.1 Å². The van der Waals surface area contributed by atoms with Crippen molar-refractivity contribution >= 4 is 59.0 Å². The Morgan fingerprint density at radius 3 is 2.61 bits per heavy atom. The Morgan fingerprint density at radius 1 is 1.20 bits per heavy atom. The number of tetrazole rings is 1. The normalized spacial score (nSPS) is 18.4. The first-order chi connectivity index (χ1) is 21.2. The molecule has 0 aliphatic carbocycles. The molecule has 5 rings (SSSR count). The smallest absolute Gasteiger partial charge is 0.352 e. The number of amides is 3. The summed E-state index contributed by atoms with van der Waals surface area (Å²) in [5.74, 6) is -2.68. The highest BCUT2D eigenvalue weighted by Crippen LogP contribution is 2.41. The van der Waals surface area contributed by atoms with E-state index in [4.69, 9.17) is 0 Å². The molecule has 3 heterocycles. The van der Waals surface area contributed by atoms with Crippen LogP contribution < -0.4 is 10.6 Å². The third-order valence-corrected chi connectivity index (χ3v) is 9.17. The van der Waals surface area contributed by atoms with Gasteiger partial charge in [0.05, 0.1) is 10.5 Å². The molecule has 0 spiro atoms. The number of carboxylic acid groups (broad SMARTS) is 1. The maximum absolute atomic E-state index is 13.5. The molecule has 3 aromatic rings. The number of carbonyl (C=O) groups is 4. The minimum Gasteiger partial charge on any atom is -0.477 e. The number of aliphatic carboxylic acids is 1. The molecule has 3 N–H and O–H groups in total. The van der Waals surface area contributed by atoms with E-state index in [0.717, 1.165) is 11.0 Å². The SMILES string of the molecule is Cn1nnnc1SCC1=C(C(=O)O)N2C(=O)C(NC(=O)[C@@H](NC(=O)C=Cc3ccccc3[N+](=O)[O-])c3ccccc3)[C@@H]2SC1. The molecule has 0 radical (unpaired) electrons. The van der Waals surface area contributed by atoms with Crippen LogP contribution in [0.1, 0.15) is 17.2 Å². The summed E-state index contributed by atoms with van der Waals surface area (Å²) < 4.78 is 1.45. The van der Waals surface area contributed by atoms with Gasteiger partial charge in [0.15, 0.2) is 0 Å². The zero-order valence-corrected chi connectivity index (χ0v) is 24.5. The van der Waals surface area contributed by atoms with E-state index >= 15 is 0 Å². The Kier molecular flexibility index (Phi) is 9.05. The molecule has 1 unspecified atom stereocenters. The molecule has 0 saturated carbocycles. The predicted molar refractivity (Wildman–Crippen MR) is 159 cm³/mol. The van der Waals surface area contributed by atoms with Crippen LogP contribution >= 0.6 is 23.5 Å². The summed E-state index contributed by atoms with van der Waals surface area (Å²) in [5, 5.41) is 37.5. The number of nitro benzene ring substituents is 1. The molecule has 15 nitrogen and oxygen atoms in total. The highest BCUT2D eigenvalue weighted by molar-refractivity contribution is 8.01. The first-order valence-corrected chi connectivity index (χ1v) is 15.0. The van der Waals surface area contributed by atoms with E-state index in [1.165, 1.54) is 52.5 Å². The number of nitro groups is 1. The summed E-state index contributed by atoms with van der Waals surface area (Å²) in [6, 6.07) is 12.0. The van der Waals surface area contributed by atoms with Gasteiger partial charge in [-0.2, -0.15) is 0 Å². The van der Waals surface area contributed by atoms with Gasteiger partial charge in [0, 0.05) is 30.7 Å². The Bertz CT molecular complexity index is 1690. The largest absolute Gasteiger partial charge is 0.477 e. The quantitative estimate of drug-likeness (QED) is 0.0902. The van der Waals surface area contributed by atoms with Gasteiger partial charge < -0.3 is 15.7 Å². The van der Waals surface area contributed by atoms with Gasteiger partial charge in [0.2, 0.25) is 17.0 Å². The van der Waals surface area contributed by atoms with E-state index in [2.05, 4.69) is 26.2 Å². The molecule has 1 saturated heterocycles. The van der Waals surface area contributed by atoms with Crippen LogP contribution in [0.15, 0.2) is 77.1 Å². The maximum Gasteiger partial charge on any atom is 0.352 e. The number of carbonyl (C=O) groups excluding carboxylic acids is 3. The number of para-hydroxylation sites is 1. The van der Waals surface area contributed by atoms with Crippen molar-refractivity contribution < 1.29 is 29.2 Å². The van der Waals surface area contributed by atoms with E-state index < -0.39 is 46.1 Å². The average Bonchev–Trinajstić information content (AvgIpc) is 3.44. The summed E-state index contributed by atoms with van der Waals surface area (Å²) in [4.78, 5) is 63.6. The Morgan fingerprint density at radius 2 is 1.93 bits per heavy atom. The lowest BCUT2D eigenvalue weighted by molar-refractivity contribution is -0.385. The monoisotopic (exact) mass is 636 g/mol. The number of fused-ring (bicyclic) bond motifs is 1. The first-order valence-electron chi connectivity index (χ1n) is 13.0. The number of rotatable bonds is 11. The summed E-state index contributed by atoms with van der Waals surface area (Å²) in [5.41, 5.74) is 0.830. The molecular formula is C27H24N8O7S2. The van der Waals surface area contributed by atoms with E-state index in [-0.39, 0.29) is 22.7 Å². The van der Waals surface area contributed by atoms with Gasteiger partial charge in [-0.3, -0.25) is 29.4 Å². The fraction of sp³-hybridized carbons (Fsp3) is 0.222. The van der Waals surface area contributed by atoms with Crippen molar-refractivity contribution in [3.63, 3.8) is 0 Å². The van der Waals surface area contributed by atoms with Gasteiger partial charge in [-0.15, -0.1) is 16.9 Å². The minimum atomic E-state index is -1.26. The van der Waals surface area contributed by atoms with Crippen LogP contribution in [0.2, 0.25) is 0 Å². The molecule has 2 aromatic carbocycles. The van der Waals surface area contributed by atoms with Gasteiger partial charge in [-0.1, -0.05) is 54.2 Å². The number of hydrogen-bond donors (Lipinski definition) is 3. The standard InChI is InChI=1S/C27H24N8O7S2/c1-33-27(30-31-32-33)44-14-17-13-43-25-21(24(38)34(25)22(17)26(39)40)29-23(37)20(16-8-3-2-4-9-16)28-19(36)12-11-15-7-5-6-10-18(15)35(41)42/h2-12,20-21,25H,13-14H2,1H3,(H,28,36)(H,29,37)(H,39,40)/t20-,21?,25-/m0/s1. The number of carboxylic acids is 1. The van der Waals surface area contributed by atoms with Crippen LogP contribution in [0.25, 0.3) is 6.08 Å². The van der Waals surface area contributed by atoms with Gasteiger partial charge in [-0.05, 0) is 33.7 Å². The van der Waals surface area contributed by atoms with E-state index in [1.54, 1.807) is 43.4 Å². The van der Waals surface area contributed by atoms with Gasteiger partial charge in [0.1, 0.15) is 23.2 Å². The highest BCUT2D eigenvalue weighted by Gasteiger charge is 2.54. The lowest BCUT2D eigenvalue weighted by Gasteiger charge is -2.49. The molecule has 1 aromatic heterocycles. The second kappa shape index (κ2) is 13.1. The van der Waals surface area contributed by atoms with E-state index in [1.807, 2.05) is 0 Å². The van der Waals surface area contributed by atoms with Crippen molar-refractivity contribution in [3.8, 4) is 0 Å². The number of nitrogens with zero attached hydrogens (tertiary/aromatic N) is 6. The summed E-state index contributed by atoms with van der Waals surface area (Å²) >= 11 is 2.55. The summed E-state index contributed by atoms with van der Waals surface area (Å²) in [6.07, 6.45) is 2.36. The Balaban J connectivity index is 1.30. The third-order valence-electron chi connectivity index (χ3n) is 6.73. The number of aryl methyl sites for hydroxylation is 1. The Labute approximate surface area is 257 Å². The van der Waals surface area contributed by atoms with Crippen molar-refractivity contribution in [2.45, 2.75) is 22.6 Å². The molecule has 17 heteroatoms. The fourth-order valence-corrected chi connectivity index (χ4v) is 6.96. The molecule has 3 atom stereocenters. The number of nitrogens with one attached hydrogen (secondary N) is 2. The van der Waals surface area contributed by atoms with Crippen molar-refractivity contribution in [2.75, 3.05) is 11.5 Å². The Hall–Kier alpha value is -5.03. The summed E-state index contributed by atoms with van der Waals surface area (Å²) in [6.45, 7) is 0. The third kappa shape index (κ3) is 6.32. The number of thioether (sulfide) groups is 2. The summed E-state index contributed by atoms with van der Waals surface area (Å²) in [7, 11) is 1.66. The fourth-order valence-electron chi connectivity index (χ4n) is 4.62. The lowest BCUT2D eigenvalue weighted by Crippen LogP contribution is -2.71. The molecular weight excluding hydrogens is 612 g/mol. The van der Waals surface area contributed by atoms with Crippen molar-refractivity contribution in [2.24, 2.45) is 7.05 Å². The van der Waals surface area contributed by atoms with Gasteiger partial charge in [0.25, 0.3) is 11.6 Å². The van der Waals surface area contributed by atoms with E-state index in [9.17, 15) is 34.4 Å². The second-order valence-corrected chi connectivity index (χ2v) is 11.6. The van der Waals surface area contributed by atoms with Crippen molar-refractivity contribution in [1.29, 1.82) is 0 Å². The number of β-lactam (4-membered cyclic amide) rings is 1. The second-order valence-electron chi connectivity index (χ2n) is 9.53. The number of aromatic nitrogens is 4. The molecule has 2 aliphatic heterocycles. The molecule has 226 valence electrons. The molecule has 1 fully saturated rings. The molecule has 2 aliphatic rings. The van der Waals surface area contributed by atoms with Crippen LogP contribution in [0.5, 0.6) is 0 Å². The zero-order valence-electron chi connectivity index (χ0n) is 22.9. The topological polar surface area (TPSA) is 203 Å². The highest BCUT2D eigenvalue weighted by atomic mass is 32.2. The van der Waals surface area contributed by atoms with E-state index in [0.29, 0.717) is 22.0 Å². The molecule has 44 heavy (non-hydrogen) atoms. The van der Waals surface area contributed by atoms with Crippen molar-refractivity contribution in [3.05, 3.63) is 93.2 Å². The predicted octanol–water partition coefficient (Wildman–Crippen LogP) is 1.52. The van der Waals surface area contributed by atoms with Crippen LogP contribution in [-0.2, 0) is 26.2 Å². The van der Waals surface area contributed by atoms with Crippen LogP contribution in [0.3, 0.4) is 0 Å².